The first-order valence-electron chi connectivity index (χ1n) is 7.51. The molecule has 106 valence electrons. The molecule has 0 saturated heterocycles. The summed E-state index contributed by atoms with van der Waals surface area (Å²) in [7, 11) is 0. The van der Waals surface area contributed by atoms with Crippen LogP contribution >= 0.6 is 0 Å². The molecule has 1 aliphatic rings. The van der Waals surface area contributed by atoms with Crippen LogP contribution in [0.15, 0.2) is 54.6 Å². The van der Waals surface area contributed by atoms with Crippen LogP contribution < -0.4 is 4.74 Å². The van der Waals surface area contributed by atoms with Crippen molar-refractivity contribution < 1.29 is 4.74 Å². The summed E-state index contributed by atoms with van der Waals surface area (Å²) in [4.78, 5) is 0. The fourth-order valence-electron chi connectivity index (χ4n) is 3.05. The van der Waals surface area contributed by atoms with E-state index in [-0.39, 0.29) is 5.41 Å². The molecule has 2 aromatic carbocycles. The van der Waals surface area contributed by atoms with Gasteiger partial charge < -0.3 is 4.74 Å². The number of rotatable bonds is 4. The summed E-state index contributed by atoms with van der Waals surface area (Å²) in [6.45, 7) is 0.573. The molecule has 0 atom stereocenters. The Bertz CT molecular complexity index is 619. The van der Waals surface area contributed by atoms with E-state index in [1.807, 2.05) is 30.3 Å². The molecule has 0 aliphatic heterocycles. The predicted molar refractivity (Wildman–Crippen MR) is 83.0 cm³/mol. The number of nitriles is 1. The highest BCUT2D eigenvalue weighted by atomic mass is 16.5. The summed E-state index contributed by atoms with van der Waals surface area (Å²) in [5, 5.41) is 9.51. The fourth-order valence-corrected chi connectivity index (χ4v) is 3.05. The van der Waals surface area contributed by atoms with Crippen LogP contribution in [0.5, 0.6) is 5.75 Å². The first-order chi connectivity index (χ1) is 10.3. The van der Waals surface area contributed by atoms with Crippen LogP contribution in [0, 0.1) is 11.3 Å². The molecule has 0 unspecified atom stereocenters. The van der Waals surface area contributed by atoms with Gasteiger partial charge >= 0.3 is 0 Å². The third kappa shape index (κ3) is 2.92. The second-order valence-electron chi connectivity index (χ2n) is 5.70. The molecule has 0 heterocycles. The molecular weight excluding hydrogens is 258 g/mol. The van der Waals surface area contributed by atoms with Gasteiger partial charge in [0.1, 0.15) is 12.4 Å². The Morgan fingerprint density at radius 3 is 2.24 bits per heavy atom. The van der Waals surface area contributed by atoms with Crippen molar-refractivity contribution in [2.75, 3.05) is 0 Å². The molecule has 2 aromatic rings. The minimum absolute atomic E-state index is 0.266. The van der Waals surface area contributed by atoms with Crippen molar-refractivity contribution in [3.05, 3.63) is 65.7 Å². The fraction of sp³-hybridized carbons (Fsp3) is 0.316. The van der Waals surface area contributed by atoms with Gasteiger partial charge in [-0.3, -0.25) is 0 Å². The molecule has 3 rings (SSSR count). The molecular formula is C19H19NO. The lowest BCUT2D eigenvalue weighted by molar-refractivity contribution is 0.306. The summed E-state index contributed by atoms with van der Waals surface area (Å²) in [5.74, 6) is 0.855. The zero-order chi connectivity index (χ0) is 14.5. The molecule has 21 heavy (non-hydrogen) atoms. The van der Waals surface area contributed by atoms with Gasteiger partial charge in [-0.05, 0) is 36.1 Å². The zero-order valence-electron chi connectivity index (χ0n) is 12.1. The monoisotopic (exact) mass is 277 g/mol. The Labute approximate surface area is 126 Å². The van der Waals surface area contributed by atoms with Crippen LogP contribution in [0.2, 0.25) is 0 Å². The third-order valence-corrected chi connectivity index (χ3v) is 4.33. The number of hydrogen-bond acceptors (Lipinski definition) is 2. The largest absolute Gasteiger partial charge is 0.489 e. The lowest BCUT2D eigenvalue weighted by Gasteiger charge is -2.20. The van der Waals surface area contributed by atoms with E-state index in [4.69, 9.17) is 4.74 Å². The van der Waals surface area contributed by atoms with Crippen molar-refractivity contribution in [2.45, 2.75) is 37.7 Å². The van der Waals surface area contributed by atoms with Gasteiger partial charge in [0.2, 0.25) is 0 Å². The van der Waals surface area contributed by atoms with Gasteiger partial charge in [-0.25, -0.2) is 0 Å². The van der Waals surface area contributed by atoms with E-state index < -0.39 is 0 Å². The number of hydrogen-bond donors (Lipinski definition) is 0. The van der Waals surface area contributed by atoms with Gasteiger partial charge in [-0.2, -0.15) is 5.26 Å². The second kappa shape index (κ2) is 6.01. The van der Waals surface area contributed by atoms with E-state index >= 15 is 0 Å². The summed E-state index contributed by atoms with van der Waals surface area (Å²) in [5.41, 5.74) is 2.03. The first-order valence-corrected chi connectivity index (χ1v) is 7.51. The van der Waals surface area contributed by atoms with Gasteiger partial charge in [0.15, 0.2) is 0 Å². The molecule has 1 aliphatic carbocycles. The second-order valence-corrected chi connectivity index (χ2v) is 5.70. The van der Waals surface area contributed by atoms with Gasteiger partial charge in [-0.1, -0.05) is 55.3 Å². The Morgan fingerprint density at radius 1 is 0.952 bits per heavy atom. The van der Waals surface area contributed by atoms with Gasteiger partial charge in [0, 0.05) is 0 Å². The van der Waals surface area contributed by atoms with Gasteiger partial charge in [-0.15, -0.1) is 0 Å². The molecule has 1 saturated carbocycles. The summed E-state index contributed by atoms with van der Waals surface area (Å²) in [6.07, 6.45) is 4.26. The van der Waals surface area contributed by atoms with Crippen LogP contribution in [0.1, 0.15) is 36.8 Å². The molecule has 0 N–H and O–H groups in total. The number of benzene rings is 2. The maximum Gasteiger partial charge on any atom is 0.119 e. The third-order valence-electron chi connectivity index (χ3n) is 4.33. The first kappa shape index (κ1) is 13.7. The van der Waals surface area contributed by atoms with E-state index in [2.05, 4.69) is 30.3 Å². The van der Waals surface area contributed by atoms with E-state index in [1.165, 1.54) is 0 Å². The van der Waals surface area contributed by atoms with E-state index in [1.54, 1.807) is 0 Å². The van der Waals surface area contributed by atoms with Crippen LogP contribution in [0.4, 0.5) is 0 Å². The van der Waals surface area contributed by atoms with Crippen molar-refractivity contribution in [1.82, 2.24) is 0 Å². The summed E-state index contributed by atoms with van der Waals surface area (Å²) >= 11 is 0. The lowest BCUT2D eigenvalue weighted by atomic mass is 9.80. The smallest absolute Gasteiger partial charge is 0.119 e. The van der Waals surface area contributed by atoms with Crippen molar-refractivity contribution in [1.29, 1.82) is 5.26 Å². The highest BCUT2D eigenvalue weighted by molar-refractivity contribution is 5.37. The highest BCUT2D eigenvalue weighted by Gasteiger charge is 2.35. The van der Waals surface area contributed by atoms with Crippen LogP contribution in [-0.2, 0) is 12.0 Å². The van der Waals surface area contributed by atoms with E-state index in [0.717, 1.165) is 42.6 Å². The van der Waals surface area contributed by atoms with Crippen molar-refractivity contribution >= 4 is 0 Å². The SMILES string of the molecule is N#CC1(c2ccc(OCc3ccccc3)cc2)CCCC1. The molecule has 2 nitrogen and oxygen atoms in total. The molecule has 0 spiro atoms. The minimum Gasteiger partial charge on any atom is -0.489 e. The van der Waals surface area contributed by atoms with E-state index in [9.17, 15) is 5.26 Å². The standard InChI is InChI=1S/C19H19NO/c20-15-19(12-4-5-13-19)17-8-10-18(11-9-17)21-14-16-6-2-1-3-7-16/h1-3,6-11H,4-5,12-14H2. The maximum atomic E-state index is 9.51. The van der Waals surface area contributed by atoms with E-state index in [0.29, 0.717) is 6.61 Å². The quantitative estimate of drug-likeness (QED) is 0.818. The average Bonchev–Trinajstić information content (AvgIpc) is 3.05. The highest BCUT2D eigenvalue weighted by Crippen LogP contribution is 2.40. The maximum absolute atomic E-state index is 9.51. The molecule has 2 heteroatoms. The Morgan fingerprint density at radius 2 is 1.62 bits per heavy atom. The lowest BCUT2D eigenvalue weighted by Crippen LogP contribution is -2.18. The summed E-state index contributed by atoms with van der Waals surface area (Å²) in [6, 6.07) is 20.7. The van der Waals surface area contributed by atoms with Gasteiger partial charge in [0.05, 0.1) is 11.5 Å². The molecule has 0 aromatic heterocycles. The normalized spacial score (nSPS) is 16.3. The zero-order valence-corrected chi connectivity index (χ0v) is 12.1. The van der Waals surface area contributed by atoms with Crippen molar-refractivity contribution in [2.24, 2.45) is 0 Å². The molecule has 0 bridgehead atoms. The summed E-state index contributed by atoms with van der Waals surface area (Å²) < 4.78 is 5.79. The number of nitrogens with zero attached hydrogens (tertiary/aromatic N) is 1. The Hall–Kier alpha value is -2.27. The van der Waals surface area contributed by atoms with Crippen LogP contribution in [0.3, 0.4) is 0 Å². The Balaban J connectivity index is 1.68. The van der Waals surface area contributed by atoms with Crippen LogP contribution in [0.25, 0.3) is 0 Å². The van der Waals surface area contributed by atoms with Crippen molar-refractivity contribution in [3.8, 4) is 11.8 Å². The topological polar surface area (TPSA) is 33.0 Å². The van der Waals surface area contributed by atoms with Crippen molar-refractivity contribution in [3.63, 3.8) is 0 Å². The molecule has 1 fully saturated rings. The Kier molecular flexibility index (Phi) is 3.92. The molecule has 0 amide bonds. The average molecular weight is 277 g/mol. The van der Waals surface area contributed by atoms with Gasteiger partial charge in [0.25, 0.3) is 0 Å². The van der Waals surface area contributed by atoms with Crippen LogP contribution in [-0.4, -0.2) is 0 Å². The number of ether oxygens (including phenoxy) is 1. The molecule has 0 radical (unpaired) electrons. The minimum atomic E-state index is -0.266. The predicted octanol–water partition coefficient (Wildman–Crippen LogP) is 4.60.